The van der Waals surface area contributed by atoms with Gasteiger partial charge in [-0.2, -0.15) is 0 Å². The summed E-state index contributed by atoms with van der Waals surface area (Å²) in [5, 5.41) is 6.49. The SMILES string of the molecule is CN(C)C(=O)CN=C(NCCOc1ccccc1)NCCSc1ccccc1.I. The van der Waals surface area contributed by atoms with Crippen molar-refractivity contribution in [2.45, 2.75) is 4.90 Å². The Balaban J connectivity index is 0.00000420. The molecule has 0 radical (unpaired) electrons. The van der Waals surface area contributed by atoms with E-state index in [-0.39, 0.29) is 36.4 Å². The lowest BCUT2D eigenvalue weighted by molar-refractivity contribution is -0.127. The first-order valence-electron chi connectivity index (χ1n) is 9.23. The molecule has 2 aromatic rings. The Bertz CT molecular complexity index is 680. The number of guanidine groups is 1. The summed E-state index contributed by atoms with van der Waals surface area (Å²) in [6, 6.07) is 19.9. The molecule has 0 atom stereocenters. The second-order valence-corrected chi connectivity index (χ2v) is 7.30. The second kappa shape index (κ2) is 15.0. The molecule has 0 saturated heterocycles. The summed E-state index contributed by atoms with van der Waals surface area (Å²) in [4.78, 5) is 18.9. The van der Waals surface area contributed by atoms with Crippen LogP contribution in [0.1, 0.15) is 0 Å². The lowest BCUT2D eigenvalue weighted by Gasteiger charge is -2.14. The zero-order valence-electron chi connectivity index (χ0n) is 16.8. The number of para-hydroxylation sites is 1. The molecule has 2 aromatic carbocycles. The topological polar surface area (TPSA) is 66.0 Å². The van der Waals surface area contributed by atoms with Gasteiger partial charge in [-0.3, -0.25) is 4.79 Å². The molecule has 0 spiro atoms. The van der Waals surface area contributed by atoms with Gasteiger partial charge in [0.1, 0.15) is 18.9 Å². The van der Waals surface area contributed by atoms with E-state index in [2.05, 4.69) is 27.8 Å². The normalized spacial score (nSPS) is 10.6. The third-order valence-electron chi connectivity index (χ3n) is 3.68. The molecule has 0 heterocycles. The number of hydrogen-bond acceptors (Lipinski definition) is 4. The zero-order valence-corrected chi connectivity index (χ0v) is 20.0. The van der Waals surface area contributed by atoms with Gasteiger partial charge in [-0.1, -0.05) is 36.4 Å². The number of halogens is 1. The van der Waals surface area contributed by atoms with E-state index in [1.165, 1.54) is 9.80 Å². The summed E-state index contributed by atoms with van der Waals surface area (Å²) in [6.45, 7) is 1.93. The lowest BCUT2D eigenvalue weighted by Crippen LogP contribution is -2.41. The maximum Gasteiger partial charge on any atom is 0.243 e. The van der Waals surface area contributed by atoms with E-state index < -0.39 is 0 Å². The van der Waals surface area contributed by atoms with Crippen LogP contribution < -0.4 is 15.4 Å². The lowest BCUT2D eigenvalue weighted by atomic mass is 10.3. The fraction of sp³-hybridized carbons (Fsp3) is 0.333. The average Bonchev–Trinajstić information content (AvgIpc) is 2.73. The Kier molecular flexibility index (Phi) is 13.0. The molecule has 158 valence electrons. The van der Waals surface area contributed by atoms with E-state index in [0.29, 0.717) is 19.1 Å². The van der Waals surface area contributed by atoms with Crippen LogP contribution in [-0.2, 0) is 4.79 Å². The van der Waals surface area contributed by atoms with E-state index in [4.69, 9.17) is 4.74 Å². The van der Waals surface area contributed by atoms with E-state index >= 15 is 0 Å². The molecule has 0 bridgehead atoms. The highest BCUT2D eigenvalue weighted by Gasteiger charge is 2.04. The maximum atomic E-state index is 11.8. The third-order valence-corrected chi connectivity index (χ3v) is 4.70. The molecule has 0 fully saturated rings. The van der Waals surface area contributed by atoms with Crippen molar-refractivity contribution in [2.24, 2.45) is 4.99 Å². The van der Waals surface area contributed by atoms with Gasteiger partial charge in [0.25, 0.3) is 0 Å². The van der Waals surface area contributed by atoms with Gasteiger partial charge in [-0.05, 0) is 24.3 Å². The molecule has 0 aliphatic heterocycles. The van der Waals surface area contributed by atoms with Crippen LogP contribution in [0.15, 0.2) is 70.6 Å². The minimum Gasteiger partial charge on any atom is -0.492 e. The molecule has 2 rings (SSSR count). The number of nitrogens with zero attached hydrogens (tertiary/aromatic N) is 2. The second-order valence-electron chi connectivity index (χ2n) is 6.13. The molecular formula is C21H29IN4O2S. The van der Waals surface area contributed by atoms with Crippen LogP contribution >= 0.6 is 35.7 Å². The molecule has 6 nitrogen and oxygen atoms in total. The Morgan fingerprint density at radius 2 is 1.62 bits per heavy atom. The van der Waals surface area contributed by atoms with Crippen LogP contribution in [0.5, 0.6) is 5.75 Å². The highest BCUT2D eigenvalue weighted by Crippen LogP contribution is 2.15. The summed E-state index contributed by atoms with van der Waals surface area (Å²) in [7, 11) is 3.45. The van der Waals surface area contributed by atoms with Gasteiger partial charge in [0, 0.05) is 31.3 Å². The molecule has 8 heteroatoms. The molecule has 2 N–H and O–H groups in total. The van der Waals surface area contributed by atoms with Gasteiger partial charge in [0.15, 0.2) is 5.96 Å². The fourth-order valence-corrected chi connectivity index (χ4v) is 2.96. The number of nitrogens with one attached hydrogen (secondary N) is 2. The number of carbonyl (C=O) groups excluding carboxylic acids is 1. The van der Waals surface area contributed by atoms with Crippen molar-refractivity contribution in [1.82, 2.24) is 15.5 Å². The van der Waals surface area contributed by atoms with Crippen molar-refractivity contribution in [2.75, 3.05) is 46.1 Å². The standard InChI is InChI=1S/C21H28N4O2S.HI/c1-25(2)20(26)17-24-21(22-13-15-27-18-9-5-3-6-10-18)23-14-16-28-19-11-7-4-8-12-19;/h3-12H,13-17H2,1-2H3,(H2,22,23,24);1H. The minimum atomic E-state index is -0.0414. The van der Waals surface area contributed by atoms with Crippen molar-refractivity contribution in [3.05, 3.63) is 60.7 Å². The Morgan fingerprint density at radius 3 is 2.28 bits per heavy atom. The van der Waals surface area contributed by atoms with Crippen molar-refractivity contribution in [3.63, 3.8) is 0 Å². The number of amides is 1. The Morgan fingerprint density at radius 1 is 1.00 bits per heavy atom. The van der Waals surface area contributed by atoms with Crippen LogP contribution in [0.2, 0.25) is 0 Å². The number of aliphatic imine (C=N–C) groups is 1. The summed E-state index contributed by atoms with van der Waals surface area (Å²) in [5.74, 6) is 2.30. The summed E-state index contributed by atoms with van der Waals surface area (Å²) < 4.78 is 5.68. The summed E-state index contributed by atoms with van der Waals surface area (Å²) >= 11 is 1.77. The van der Waals surface area contributed by atoms with Crippen LogP contribution in [0.3, 0.4) is 0 Å². The molecular weight excluding hydrogens is 499 g/mol. The first kappa shape index (κ1) is 25.1. The smallest absolute Gasteiger partial charge is 0.243 e. The minimum absolute atomic E-state index is 0. The number of rotatable bonds is 10. The van der Waals surface area contributed by atoms with Crippen molar-refractivity contribution >= 4 is 47.6 Å². The Hall–Kier alpha value is -1.94. The maximum absolute atomic E-state index is 11.8. The van der Waals surface area contributed by atoms with Gasteiger partial charge in [-0.15, -0.1) is 35.7 Å². The van der Waals surface area contributed by atoms with Crippen molar-refractivity contribution < 1.29 is 9.53 Å². The number of thioether (sulfide) groups is 1. The van der Waals surface area contributed by atoms with Gasteiger partial charge in [-0.25, -0.2) is 4.99 Å². The van der Waals surface area contributed by atoms with E-state index in [1.807, 2.05) is 48.5 Å². The van der Waals surface area contributed by atoms with Crippen LogP contribution in [0, 0.1) is 0 Å². The number of ether oxygens (including phenoxy) is 1. The molecule has 0 aliphatic carbocycles. The quantitative estimate of drug-likeness (QED) is 0.163. The van der Waals surface area contributed by atoms with Crippen molar-refractivity contribution in [1.29, 1.82) is 0 Å². The van der Waals surface area contributed by atoms with E-state index in [0.717, 1.165) is 18.0 Å². The first-order valence-corrected chi connectivity index (χ1v) is 10.2. The predicted octanol–water partition coefficient (Wildman–Crippen LogP) is 3.10. The molecule has 1 amide bonds. The number of hydrogen-bond donors (Lipinski definition) is 2. The molecule has 0 unspecified atom stereocenters. The van der Waals surface area contributed by atoms with E-state index in [9.17, 15) is 4.79 Å². The number of benzene rings is 2. The number of carbonyl (C=O) groups is 1. The van der Waals surface area contributed by atoms with Crippen molar-refractivity contribution in [3.8, 4) is 5.75 Å². The number of likely N-dealkylation sites (N-methyl/N-ethyl adjacent to an activating group) is 1. The zero-order chi connectivity index (χ0) is 20.0. The highest BCUT2D eigenvalue weighted by molar-refractivity contribution is 14.0. The van der Waals surface area contributed by atoms with Gasteiger partial charge in [0.2, 0.25) is 5.91 Å². The summed E-state index contributed by atoms with van der Waals surface area (Å²) in [6.07, 6.45) is 0. The average molecular weight is 528 g/mol. The highest BCUT2D eigenvalue weighted by atomic mass is 127. The first-order chi connectivity index (χ1) is 13.6. The van der Waals surface area contributed by atoms with Gasteiger partial charge < -0.3 is 20.3 Å². The molecule has 0 aromatic heterocycles. The predicted molar refractivity (Wildman–Crippen MR) is 132 cm³/mol. The monoisotopic (exact) mass is 528 g/mol. The Labute approximate surface area is 194 Å². The third kappa shape index (κ3) is 11.0. The van der Waals surface area contributed by atoms with Gasteiger partial charge >= 0.3 is 0 Å². The van der Waals surface area contributed by atoms with Gasteiger partial charge in [0.05, 0.1) is 6.54 Å². The molecule has 0 aliphatic rings. The molecule has 0 saturated carbocycles. The largest absolute Gasteiger partial charge is 0.492 e. The molecule has 29 heavy (non-hydrogen) atoms. The fourth-order valence-electron chi connectivity index (χ4n) is 2.17. The van der Waals surface area contributed by atoms with Crippen LogP contribution in [-0.4, -0.2) is 62.9 Å². The van der Waals surface area contributed by atoms with Crippen LogP contribution in [0.4, 0.5) is 0 Å². The summed E-state index contributed by atoms with van der Waals surface area (Å²) in [5.41, 5.74) is 0. The van der Waals surface area contributed by atoms with E-state index in [1.54, 1.807) is 25.9 Å². The van der Waals surface area contributed by atoms with Crippen LogP contribution in [0.25, 0.3) is 0 Å².